The number of benzene rings is 1. The highest BCUT2D eigenvalue weighted by atomic mass is 32.2. The first-order valence-corrected chi connectivity index (χ1v) is 19.0. The number of ether oxygens (including phenoxy) is 1. The van der Waals surface area contributed by atoms with Gasteiger partial charge < -0.3 is 25.4 Å². The predicted molar refractivity (Wildman–Crippen MR) is 179 cm³/mol. The lowest BCUT2D eigenvalue weighted by atomic mass is 9.87. The lowest BCUT2D eigenvalue weighted by Crippen LogP contribution is -2.58. The van der Waals surface area contributed by atoms with Crippen LogP contribution < -0.4 is 20.1 Å². The zero-order chi connectivity index (χ0) is 37.3. The van der Waals surface area contributed by atoms with E-state index in [9.17, 15) is 45.9 Å². The van der Waals surface area contributed by atoms with Gasteiger partial charge in [0.15, 0.2) is 11.4 Å². The lowest BCUT2D eigenvalue weighted by Gasteiger charge is -2.37. The Bertz CT molecular complexity index is 1990. The second-order valence-electron chi connectivity index (χ2n) is 15.0. The summed E-state index contributed by atoms with van der Waals surface area (Å²) in [6.45, 7) is 1.17. The number of carboxylic acid groups (broad SMARTS) is 1. The summed E-state index contributed by atoms with van der Waals surface area (Å²) in [7, 11) is -4.08. The molecule has 7 rings (SSSR count). The Kier molecular flexibility index (Phi) is 8.73. The van der Waals surface area contributed by atoms with Gasteiger partial charge in [-0.1, -0.05) is 43.2 Å². The molecular formula is C35H40F3N5O8S. The summed E-state index contributed by atoms with van der Waals surface area (Å²) in [5.74, 6) is -3.56. The lowest BCUT2D eigenvalue weighted by molar-refractivity contribution is -0.144. The van der Waals surface area contributed by atoms with Crippen molar-refractivity contribution in [2.75, 3.05) is 6.54 Å². The van der Waals surface area contributed by atoms with E-state index >= 15 is 0 Å². The molecule has 13 nitrogen and oxygen atoms in total. The number of amides is 4. The number of hydrogen-bond donors (Lipinski definition) is 4. The van der Waals surface area contributed by atoms with Gasteiger partial charge in [0.1, 0.15) is 23.2 Å². The zero-order valence-electron chi connectivity index (χ0n) is 28.4. The van der Waals surface area contributed by atoms with Gasteiger partial charge in [-0.2, -0.15) is 13.2 Å². The molecule has 1 aromatic carbocycles. The number of carbonyl (C=O) groups excluding carboxylic acids is 3. The fourth-order valence-electron chi connectivity index (χ4n) is 7.82. The molecule has 280 valence electrons. The van der Waals surface area contributed by atoms with Crippen LogP contribution >= 0.6 is 0 Å². The number of nitrogens with one attached hydrogen (secondary N) is 3. The van der Waals surface area contributed by atoms with Gasteiger partial charge in [0, 0.05) is 23.3 Å². The molecule has 4 N–H and O–H groups in total. The van der Waals surface area contributed by atoms with E-state index in [4.69, 9.17) is 4.74 Å². The van der Waals surface area contributed by atoms with E-state index < -0.39 is 85.3 Å². The quantitative estimate of drug-likeness (QED) is 0.337. The van der Waals surface area contributed by atoms with E-state index in [0.717, 1.165) is 4.90 Å². The fraction of sp³-hybridized carbons (Fsp3) is 0.571. The molecule has 17 heteroatoms. The van der Waals surface area contributed by atoms with E-state index in [1.165, 1.54) is 13.0 Å². The molecule has 0 radical (unpaired) electrons. The van der Waals surface area contributed by atoms with Crippen LogP contribution in [0, 0.1) is 5.92 Å². The van der Waals surface area contributed by atoms with Crippen molar-refractivity contribution in [2.45, 2.75) is 112 Å². The summed E-state index contributed by atoms with van der Waals surface area (Å²) in [5, 5.41) is 15.1. The second-order valence-corrected chi connectivity index (χ2v) is 17.2. The Labute approximate surface area is 297 Å². The minimum Gasteiger partial charge on any atom is -0.483 e. The maximum Gasteiger partial charge on any atom is 0.437 e. The number of rotatable bonds is 4. The highest BCUT2D eigenvalue weighted by Gasteiger charge is 2.64. The number of nitrogens with zero attached hydrogens (tertiary/aromatic N) is 2. The maximum atomic E-state index is 14.5. The number of aromatic nitrogens is 1. The summed E-state index contributed by atoms with van der Waals surface area (Å²) in [6.07, 6.45) is 0.496. The third kappa shape index (κ3) is 6.45. The molecule has 1 saturated heterocycles. The molecule has 1 aromatic heterocycles. The van der Waals surface area contributed by atoms with Crippen LogP contribution in [0.1, 0.15) is 82.4 Å². The summed E-state index contributed by atoms with van der Waals surface area (Å²) in [5.41, 5.74) is -3.97. The summed E-state index contributed by atoms with van der Waals surface area (Å²) < 4.78 is 76.9. The molecule has 0 unspecified atom stereocenters. The van der Waals surface area contributed by atoms with Crippen molar-refractivity contribution in [3.8, 4) is 5.75 Å². The van der Waals surface area contributed by atoms with Crippen LogP contribution in [0.2, 0.25) is 0 Å². The zero-order valence-corrected chi connectivity index (χ0v) is 29.2. The van der Waals surface area contributed by atoms with Crippen LogP contribution in [-0.4, -0.2) is 81.7 Å². The van der Waals surface area contributed by atoms with Crippen molar-refractivity contribution in [1.29, 1.82) is 0 Å². The molecule has 4 heterocycles. The van der Waals surface area contributed by atoms with Gasteiger partial charge in [-0.3, -0.25) is 19.1 Å². The fourth-order valence-corrected chi connectivity index (χ4v) is 9.13. The maximum absolute atomic E-state index is 14.5. The van der Waals surface area contributed by atoms with Crippen LogP contribution in [-0.2, 0) is 37.0 Å². The smallest absolute Gasteiger partial charge is 0.437 e. The number of allylic oxidation sites excluding steroid dienone is 1. The minimum absolute atomic E-state index is 0.0832. The van der Waals surface area contributed by atoms with E-state index in [1.54, 1.807) is 24.3 Å². The average molecular weight is 748 g/mol. The number of sulfonamides is 1. The second kappa shape index (κ2) is 12.6. The van der Waals surface area contributed by atoms with Crippen LogP contribution in [0.25, 0.3) is 10.9 Å². The third-order valence-electron chi connectivity index (χ3n) is 11.3. The van der Waals surface area contributed by atoms with Gasteiger partial charge in [0.25, 0.3) is 5.91 Å². The predicted octanol–water partition coefficient (Wildman–Crippen LogP) is 3.95. The van der Waals surface area contributed by atoms with Crippen molar-refractivity contribution in [3.63, 3.8) is 0 Å². The molecular weight excluding hydrogens is 707 g/mol. The standard InChI is InChI=1S/C35H40F3N5O8S/c1-32(15-16-32)52(49,50)42-30(46)34-17-20(34)9-5-3-2-4-6-12-24(40-31(47)48)29(45)43-19-33(18-25(43)28(44)41-34)14-13-22-21-10-7-8-11-23(21)39-27(26(22)51-33)35(36,37)38/h5,7-11,20,24-25,40H,2-4,6,12-19H2,1H3,(H,41,44)(H,42,46)(H,47,48)/b9-5-/t20-,24+,25+,33-,34-/m1/s1. The first-order valence-electron chi connectivity index (χ1n) is 17.5. The van der Waals surface area contributed by atoms with E-state index in [-0.39, 0.29) is 44.2 Å². The Morgan fingerprint density at radius 1 is 1.10 bits per heavy atom. The molecule has 2 aromatic rings. The van der Waals surface area contributed by atoms with Gasteiger partial charge in [0.2, 0.25) is 21.8 Å². The minimum atomic E-state index is -4.90. The van der Waals surface area contributed by atoms with Gasteiger partial charge >= 0.3 is 12.3 Å². The van der Waals surface area contributed by atoms with Crippen LogP contribution in [0.15, 0.2) is 36.4 Å². The number of aryl methyl sites for hydroxylation is 1. The number of fused-ring (bicyclic) bond motifs is 5. The van der Waals surface area contributed by atoms with Crippen molar-refractivity contribution in [1.82, 2.24) is 25.2 Å². The number of alkyl halides is 3. The average Bonchev–Trinajstić information content (AvgIpc) is 3.97. The van der Waals surface area contributed by atoms with Crippen LogP contribution in [0.3, 0.4) is 0 Å². The van der Waals surface area contributed by atoms with Crippen molar-refractivity contribution < 1.29 is 50.6 Å². The number of carbonyl (C=O) groups is 4. The number of para-hydroxylation sites is 1. The van der Waals surface area contributed by atoms with Crippen LogP contribution in [0.4, 0.5) is 18.0 Å². The first kappa shape index (κ1) is 36.0. The Morgan fingerprint density at radius 2 is 1.85 bits per heavy atom. The SMILES string of the molecule is CC1(S(=O)(=O)NC(=O)[C@@]23C[C@H]2/C=C\CCCCC[C@H](NC(=O)O)C(=O)N2C[C@@]4(CCc5c(c(C(F)(F)F)nc6ccccc56)O4)C[C@H]2C(=O)N3)CC1. The molecule has 4 amide bonds. The largest absolute Gasteiger partial charge is 0.483 e. The highest BCUT2D eigenvalue weighted by molar-refractivity contribution is 7.91. The Hall–Kier alpha value is -4.41. The first-order chi connectivity index (χ1) is 24.5. The van der Waals surface area contributed by atoms with E-state index in [0.29, 0.717) is 49.5 Å². The molecule has 3 fully saturated rings. The molecule has 3 aliphatic heterocycles. The molecule has 5 aliphatic rings. The molecule has 5 atom stereocenters. The van der Waals surface area contributed by atoms with Gasteiger partial charge in [-0.25, -0.2) is 18.2 Å². The molecule has 52 heavy (non-hydrogen) atoms. The van der Waals surface area contributed by atoms with E-state index in [1.807, 2.05) is 6.08 Å². The monoisotopic (exact) mass is 747 g/mol. The summed E-state index contributed by atoms with van der Waals surface area (Å²) in [6, 6.07) is 3.71. The number of pyridine rings is 1. The molecule has 0 bridgehead atoms. The third-order valence-corrected chi connectivity index (χ3v) is 13.4. The molecule has 2 aliphatic carbocycles. The Balaban J connectivity index is 1.26. The van der Waals surface area contributed by atoms with E-state index in [2.05, 4.69) is 20.3 Å². The topological polar surface area (TPSA) is 184 Å². The Morgan fingerprint density at radius 3 is 2.56 bits per heavy atom. The van der Waals surface area contributed by atoms with Gasteiger partial charge in [0.05, 0.1) is 16.8 Å². The number of hydrogen-bond acceptors (Lipinski definition) is 8. The molecule has 1 spiro atoms. The van der Waals surface area contributed by atoms with Crippen LogP contribution in [0.5, 0.6) is 5.75 Å². The van der Waals surface area contributed by atoms with Gasteiger partial charge in [-0.05, 0) is 64.4 Å². The summed E-state index contributed by atoms with van der Waals surface area (Å²) >= 11 is 0. The normalized spacial score (nSPS) is 30.8. The van der Waals surface area contributed by atoms with Crippen molar-refractivity contribution >= 4 is 44.7 Å². The van der Waals surface area contributed by atoms with Gasteiger partial charge in [-0.15, -0.1) is 0 Å². The van der Waals surface area contributed by atoms with Crippen molar-refractivity contribution in [2.24, 2.45) is 5.92 Å². The summed E-state index contributed by atoms with van der Waals surface area (Å²) in [4.78, 5) is 59.2. The molecule has 2 saturated carbocycles. The number of halogens is 3. The highest BCUT2D eigenvalue weighted by Crippen LogP contribution is 2.50. The van der Waals surface area contributed by atoms with Crippen molar-refractivity contribution in [3.05, 3.63) is 47.7 Å².